The number of rotatable bonds is 12. The van der Waals surface area contributed by atoms with Crippen molar-refractivity contribution in [2.45, 2.75) is 62.1 Å². The average molecular weight is 661 g/mol. The molecule has 1 aliphatic rings. The van der Waals surface area contributed by atoms with Crippen LogP contribution in [-0.2, 0) is 38.2 Å². The molecule has 2 aromatic carbocycles. The predicted octanol–water partition coefficient (Wildman–Crippen LogP) is 1.20. The van der Waals surface area contributed by atoms with Crippen molar-refractivity contribution in [3.8, 4) is 23.0 Å². The molecule has 3 rings (SSSR count). The van der Waals surface area contributed by atoms with Crippen LogP contribution in [0.1, 0.15) is 43.7 Å². The molecular formula is C31H32O16. The lowest BCUT2D eigenvalue weighted by Crippen LogP contribution is -2.59. The van der Waals surface area contributed by atoms with E-state index in [1.165, 1.54) is 12.1 Å². The fraction of sp³-hybridized carbons (Fsp3) is 0.323. The van der Waals surface area contributed by atoms with E-state index in [9.17, 15) is 59.7 Å². The first-order valence-electron chi connectivity index (χ1n) is 13.8. The van der Waals surface area contributed by atoms with Crippen molar-refractivity contribution in [2.75, 3.05) is 0 Å². The molecule has 0 aliphatic heterocycles. The van der Waals surface area contributed by atoms with E-state index in [1.54, 1.807) is 0 Å². The smallest absolute Gasteiger partial charge is 0.335 e. The number of aliphatic hydroxyl groups is 2. The van der Waals surface area contributed by atoms with Crippen molar-refractivity contribution < 1.29 is 79.0 Å². The van der Waals surface area contributed by atoms with Crippen molar-refractivity contribution in [1.82, 2.24) is 0 Å². The van der Waals surface area contributed by atoms with Gasteiger partial charge in [-0.25, -0.2) is 14.4 Å². The molecule has 3 atom stereocenters. The van der Waals surface area contributed by atoms with Gasteiger partial charge in [0.05, 0.1) is 18.4 Å². The molecule has 0 heterocycles. The molecule has 0 unspecified atom stereocenters. The Bertz CT molecular complexity index is 1500. The van der Waals surface area contributed by atoms with Crippen molar-refractivity contribution in [1.29, 1.82) is 0 Å². The Labute approximate surface area is 266 Å². The first-order valence-corrected chi connectivity index (χ1v) is 13.8. The van der Waals surface area contributed by atoms with Crippen LogP contribution < -0.4 is 0 Å². The molecule has 2 aromatic rings. The molecular weight excluding hydrogens is 628 g/mol. The zero-order valence-corrected chi connectivity index (χ0v) is 24.7. The summed E-state index contributed by atoms with van der Waals surface area (Å²) in [6.07, 6.45) is -4.81. The molecule has 47 heavy (non-hydrogen) atoms. The van der Waals surface area contributed by atoms with Gasteiger partial charge in [-0.3, -0.25) is 9.59 Å². The van der Waals surface area contributed by atoms with E-state index in [2.05, 4.69) is 0 Å². The fourth-order valence-electron chi connectivity index (χ4n) is 4.65. The Morgan fingerprint density at radius 1 is 0.766 bits per heavy atom. The molecule has 0 amide bonds. The van der Waals surface area contributed by atoms with E-state index in [4.69, 9.17) is 19.3 Å². The number of esters is 3. The van der Waals surface area contributed by atoms with Crippen LogP contribution in [0.15, 0.2) is 48.6 Å². The number of hydrogen-bond acceptors (Lipinski definition) is 14. The summed E-state index contributed by atoms with van der Waals surface area (Å²) in [7, 11) is 0. The molecule has 1 fully saturated rings. The molecule has 0 bridgehead atoms. The lowest BCUT2D eigenvalue weighted by molar-refractivity contribution is -0.214. The number of phenols is 4. The minimum atomic E-state index is -2.67. The van der Waals surface area contributed by atoms with Gasteiger partial charge in [-0.2, -0.15) is 0 Å². The maximum atomic E-state index is 12.9. The van der Waals surface area contributed by atoms with Crippen LogP contribution in [0.5, 0.6) is 23.0 Å². The number of ether oxygens (including phenoxy) is 3. The SMILES string of the molecule is C[C@](O)(CC(=O)O)CC(=O)OC1[C@H](OC(=O)/C=C/c2ccc(O)c(O)c2)CC(O)(C(=O)O)C[C@H]1OC(=O)/C=C/c1ccc(O)c(O)c1. The number of carbonyl (C=O) groups is 5. The number of aromatic hydroxyl groups is 4. The molecule has 1 aliphatic carbocycles. The van der Waals surface area contributed by atoms with Crippen LogP contribution in [0.2, 0.25) is 0 Å². The van der Waals surface area contributed by atoms with Crippen LogP contribution in [0.25, 0.3) is 12.2 Å². The van der Waals surface area contributed by atoms with E-state index >= 15 is 0 Å². The third-order valence-corrected chi connectivity index (χ3v) is 6.89. The highest BCUT2D eigenvalue weighted by Crippen LogP contribution is 2.36. The summed E-state index contributed by atoms with van der Waals surface area (Å²) in [5, 5.41) is 78.3. The molecule has 252 valence electrons. The van der Waals surface area contributed by atoms with Crippen molar-refractivity contribution >= 4 is 42.0 Å². The van der Waals surface area contributed by atoms with Crippen LogP contribution in [-0.4, -0.2) is 100 Å². The largest absolute Gasteiger partial charge is 0.504 e. The van der Waals surface area contributed by atoms with Gasteiger partial charge in [-0.15, -0.1) is 0 Å². The minimum absolute atomic E-state index is 0.229. The third kappa shape index (κ3) is 10.2. The minimum Gasteiger partial charge on any atom is -0.504 e. The van der Waals surface area contributed by atoms with E-state index < -0.39 is 108 Å². The van der Waals surface area contributed by atoms with E-state index in [-0.39, 0.29) is 11.1 Å². The lowest BCUT2D eigenvalue weighted by atomic mass is 9.79. The number of benzene rings is 2. The number of aliphatic carboxylic acids is 2. The van der Waals surface area contributed by atoms with Gasteiger partial charge >= 0.3 is 29.8 Å². The molecule has 1 saturated carbocycles. The summed E-state index contributed by atoms with van der Waals surface area (Å²) >= 11 is 0. The summed E-state index contributed by atoms with van der Waals surface area (Å²) < 4.78 is 16.0. The van der Waals surface area contributed by atoms with Crippen LogP contribution in [0.4, 0.5) is 0 Å². The molecule has 0 spiro atoms. The maximum absolute atomic E-state index is 12.9. The molecule has 0 radical (unpaired) electrons. The second-order valence-electron chi connectivity index (χ2n) is 11.1. The van der Waals surface area contributed by atoms with E-state index in [0.29, 0.717) is 0 Å². The lowest BCUT2D eigenvalue weighted by Gasteiger charge is -2.42. The van der Waals surface area contributed by atoms with Crippen LogP contribution in [0.3, 0.4) is 0 Å². The monoisotopic (exact) mass is 660 g/mol. The maximum Gasteiger partial charge on any atom is 0.335 e. The summed E-state index contributed by atoms with van der Waals surface area (Å²) in [6.45, 7) is 1.04. The molecule has 0 saturated heterocycles. The zero-order valence-electron chi connectivity index (χ0n) is 24.7. The Morgan fingerprint density at radius 2 is 1.21 bits per heavy atom. The average Bonchev–Trinajstić information content (AvgIpc) is 2.95. The van der Waals surface area contributed by atoms with Crippen LogP contribution in [0, 0.1) is 0 Å². The first kappa shape index (κ1) is 35.9. The highest BCUT2D eigenvalue weighted by Gasteiger charge is 2.54. The first-order chi connectivity index (χ1) is 21.9. The van der Waals surface area contributed by atoms with Gasteiger partial charge in [0.15, 0.2) is 34.7 Å². The van der Waals surface area contributed by atoms with E-state index in [1.807, 2.05) is 0 Å². The quantitative estimate of drug-likeness (QED) is 0.0687. The summed E-state index contributed by atoms with van der Waals surface area (Å²) in [6, 6.07) is 7.16. The van der Waals surface area contributed by atoms with Crippen LogP contribution >= 0.6 is 0 Å². The topological polar surface area (TPSA) is 275 Å². The zero-order chi connectivity index (χ0) is 35.1. The molecule has 16 heteroatoms. The van der Waals surface area contributed by atoms with Crippen molar-refractivity contribution in [3.05, 3.63) is 59.7 Å². The van der Waals surface area contributed by atoms with Gasteiger partial charge in [0.2, 0.25) is 0 Å². The molecule has 0 aromatic heterocycles. The number of carboxylic acids is 2. The van der Waals surface area contributed by atoms with Gasteiger partial charge in [0, 0.05) is 25.0 Å². The Balaban J connectivity index is 1.92. The highest BCUT2D eigenvalue weighted by molar-refractivity contribution is 5.88. The molecule has 8 N–H and O–H groups in total. The van der Waals surface area contributed by atoms with Gasteiger partial charge in [0.1, 0.15) is 12.2 Å². The normalized spacial score (nSPS) is 22.3. The Morgan fingerprint density at radius 3 is 1.60 bits per heavy atom. The Hall–Kier alpha value is -5.61. The summed E-state index contributed by atoms with van der Waals surface area (Å²) in [5.74, 6) is -8.63. The van der Waals surface area contributed by atoms with Gasteiger partial charge < -0.3 is 55.1 Å². The van der Waals surface area contributed by atoms with Gasteiger partial charge in [-0.1, -0.05) is 12.1 Å². The van der Waals surface area contributed by atoms with Crippen molar-refractivity contribution in [2.24, 2.45) is 0 Å². The number of carbonyl (C=O) groups excluding carboxylic acids is 3. The second kappa shape index (κ2) is 14.7. The summed E-state index contributed by atoms with van der Waals surface area (Å²) in [5.41, 5.74) is -4.32. The van der Waals surface area contributed by atoms with E-state index in [0.717, 1.165) is 55.5 Å². The standard InChI is InChI=1S/C31H32O16/c1-30(43,14-24(36)37)15-27(40)47-28-22(45-25(38)8-4-16-2-6-18(32)20(34)10-16)12-31(44,29(41)42)13-23(28)46-26(39)9-5-17-3-7-19(33)21(35)11-17/h2-11,22-23,28,32-35,43-44H,12-15H2,1H3,(H,36,37)(H,41,42)/b8-4+,9-5+/t22-,23-,28?,30+,31?/m1/s1. The summed E-state index contributed by atoms with van der Waals surface area (Å²) in [4.78, 5) is 61.6. The van der Waals surface area contributed by atoms with Gasteiger partial charge in [-0.05, 0) is 54.5 Å². The molecule has 16 nitrogen and oxygen atoms in total. The number of carboxylic acid groups (broad SMARTS) is 2. The number of phenolic OH excluding ortho intramolecular Hbond substituents is 4. The fourth-order valence-corrected chi connectivity index (χ4v) is 4.65. The highest BCUT2D eigenvalue weighted by atomic mass is 16.6. The predicted molar refractivity (Wildman–Crippen MR) is 157 cm³/mol. The van der Waals surface area contributed by atoms with Gasteiger partial charge in [0.25, 0.3) is 0 Å². The Kier molecular flexibility index (Phi) is 11.2. The third-order valence-electron chi connectivity index (χ3n) is 6.89. The number of hydrogen-bond donors (Lipinski definition) is 8. The second-order valence-corrected chi connectivity index (χ2v) is 11.1. The van der Waals surface area contributed by atoms with Crippen molar-refractivity contribution in [3.63, 3.8) is 0 Å².